The molecule has 1 aromatic rings. The van der Waals surface area contributed by atoms with Crippen molar-refractivity contribution in [2.45, 2.75) is 18.9 Å². The van der Waals surface area contributed by atoms with Crippen molar-refractivity contribution in [3.63, 3.8) is 0 Å². The lowest BCUT2D eigenvalue weighted by Crippen LogP contribution is -2.42. The molecule has 1 fully saturated rings. The standard InChI is InChI=1S/C14H18N2O3/c15-11-5-9(6-11)8-16-14(17)10-1-2-12-13(7-10)19-4-3-18-12/h1-2,7,9,11H,3-6,8,15H2,(H,16,17). The first-order valence-corrected chi connectivity index (χ1v) is 6.66. The highest BCUT2D eigenvalue weighted by Crippen LogP contribution is 2.30. The molecular weight excluding hydrogens is 244 g/mol. The minimum Gasteiger partial charge on any atom is -0.486 e. The van der Waals surface area contributed by atoms with Gasteiger partial charge in [-0.3, -0.25) is 4.79 Å². The largest absolute Gasteiger partial charge is 0.486 e. The Balaban J connectivity index is 1.60. The van der Waals surface area contributed by atoms with E-state index in [1.54, 1.807) is 18.2 Å². The summed E-state index contributed by atoms with van der Waals surface area (Å²) in [5, 5.41) is 2.94. The van der Waals surface area contributed by atoms with E-state index in [2.05, 4.69) is 5.32 Å². The van der Waals surface area contributed by atoms with E-state index in [1.807, 2.05) is 0 Å². The van der Waals surface area contributed by atoms with Crippen molar-refractivity contribution in [1.29, 1.82) is 0 Å². The highest BCUT2D eigenvalue weighted by Gasteiger charge is 2.26. The van der Waals surface area contributed by atoms with Crippen LogP contribution in [0.2, 0.25) is 0 Å². The Labute approximate surface area is 112 Å². The molecule has 2 aliphatic rings. The lowest BCUT2D eigenvalue weighted by molar-refractivity contribution is 0.0934. The summed E-state index contributed by atoms with van der Waals surface area (Å²) in [6, 6.07) is 5.59. The van der Waals surface area contributed by atoms with Crippen LogP contribution in [0, 0.1) is 5.92 Å². The third-order valence-electron chi connectivity index (χ3n) is 3.63. The molecular formula is C14H18N2O3. The Morgan fingerprint density at radius 2 is 2.00 bits per heavy atom. The van der Waals surface area contributed by atoms with Gasteiger partial charge < -0.3 is 20.5 Å². The number of carbonyl (C=O) groups excluding carboxylic acids is 1. The smallest absolute Gasteiger partial charge is 0.251 e. The summed E-state index contributed by atoms with van der Waals surface area (Å²) < 4.78 is 10.9. The Kier molecular flexibility index (Phi) is 3.29. The van der Waals surface area contributed by atoms with Crippen LogP contribution in [0.3, 0.4) is 0 Å². The molecule has 0 unspecified atom stereocenters. The van der Waals surface area contributed by atoms with E-state index in [0.717, 1.165) is 12.8 Å². The molecule has 0 radical (unpaired) electrons. The maximum atomic E-state index is 12.0. The van der Waals surface area contributed by atoms with Gasteiger partial charge in [-0.2, -0.15) is 0 Å². The van der Waals surface area contributed by atoms with E-state index in [-0.39, 0.29) is 5.91 Å². The topological polar surface area (TPSA) is 73.6 Å². The normalized spacial score (nSPS) is 24.5. The van der Waals surface area contributed by atoms with Crippen molar-refractivity contribution in [2.24, 2.45) is 11.7 Å². The SMILES string of the molecule is NC1CC(CNC(=O)c2ccc3c(c2)OCCO3)C1. The number of rotatable bonds is 3. The lowest BCUT2D eigenvalue weighted by atomic mass is 9.81. The molecule has 0 saturated heterocycles. The number of ether oxygens (including phenoxy) is 2. The molecule has 1 amide bonds. The van der Waals surface area contributed by atoms with Gasteiger partial charge in [0.1, 0.15) is 13.2 Å². The zero-order chi connectivity index (χ0) is 13.2. The average molecular weight is 262 g/mol. The summed E-state index contributed by atoms with van der Waals surface area (Å²) >= 11 is 0. The van der Waals surface area contributed by atoms with Crippen molar-refractivity contribution < 1.29 is 14.3 Å². The quantitative estimate of drug-likeness (QED) is 0.849. The summed E-state index contributed by atoms with van der Waals surface area (Å²) in [6.45, 7) is 1.78. The average Bonchev–Trinajstić information content (AvgIpc) is 2.41. The van der Waals surface area contributed by atoms with E-state index < -0.39 is 0 Å². The second-order valence-electron chi connectivity index (χ2n) is 5.17. The molecule has 1 aliphatic heterocycles. The van der Waals surface area contributed by atoms with E-state index in [9.17, 15) is 4.79 Å². The molecule has 1 heterocycles. The molecule has 5 heteroatoms. The van der Waals surface area contributed by atoms with Gasteiger partial charge in [-0.15, -0.1) is 0 Å². The Morgan fingerprint density at radius 1 is 1.26 bits per heavy atom. The van der Waals surface area contributed by atoms with Crippen LogP contribution in [0.25, 0.3) is 0 Å². The fraction of sp³-hybridized carbons (Fsp3) is 0.500. The Bertz CT molecular complexity index is 484. The summed E-state index contributed by atoms with van der Waals surface area (Å²) in [5.74, 6) is 1.80. The predicted octanol–water partition coefficient (Wildman–Crippen LogP) is 0.925. The van der Waals surface area contributed by atoms with Gasteiger partial charge >= 0.3 is 0 Å². The monoisotopic (exact) mass is 262 g/mol. The highest BCUT2D eigenvalue weighted by atomic mass is 16.6. The van der Waals surface area contributed by atoms with Gasteiger partial charge in [0, 0.05) is 18.2 Å². The number of hydrogen-bond acceptors (Lipinski definition) is 4. The molecule has 102 valence electrons. The van der Waals surface area contributed by atoms with Crippen LogP contribution >= 0.6 is 0 Å². The molecule has 1 aliphatic carbocycles. The molecule has 1 saturated carbocycles. The fourth-order valence-electron chi connectivity index (χ4n) is 2.48. The maximum absolute atomic E-state index is 12.0. The first kappa shape index (κ1) is 12.3. The molecule has 19 heavy (non-hydrogen) atoms. The van der Waals surface area contributed by atoms with Crippen LogP contribution in [0.4, 0.5) is 0 Å². The molecule has 5 nitrogen and oxygen atoms in total. The number of nitrogens with one attached hydrogen (secondary N) is 1. The van der Waals surface area contributed by atoms with Crippen molar-refractivity contribution in [3.8, 4) is 11.5 Å². The molecule has 0 bridgehead atoms. The van der Waals surface area contributed by atoms with Crippen molar-refractivity contribution in [3.05, 3.63) is 23.8 Å². The van der Waals surface area contributed by atoms with Gasteiger partial charge in [-0.1, -0.05) is 0 Å². The van der Waals surface area contributed by atoms with Crippen LogP contribution in [0.15, 0.2) is 18.2 Å². The zero-order valence-electron chi connectivity index (χ0n) is 10.7. The molecule has 3 N–H and O–H groups in total. The van der Waals surface area contributed by atoms with E-state index in [4.69, 9.17) is 15.2 Å². The second-order valence-corrected chi connectivity index (χ2v) is 5.17. The Morgan fingerprint density at radius 3 is 2.74 bits per heavy atom. The Hall–Kier alpha value is -1.75. The van der Waals surface area contributed by atoms with Crippen LogP contribution < -0.4 is 20.5 Å². The number of benzene rings is 1. The molecule has 1 aromatic carbocycles. The first-order chi connectivity index (χ1) is 9.22. The van der Waals surface area contributed by atoms with Crippen LogP contribution in [-0.4, -0.2) is 31.7 Å². The van der Waals surface area contributed by atoms with E-state index in [1.165, 1.54) is 0 Å². The first-order valence-electron chi connectivity index (χ1n) is 6.66. The fourth-order valence-corrected chi connectivity index (χ4v) is 2.48. The third-order valence-corrected chi connectivity index (χ3v) is 3.63. The molecule has 3 rings (SSSR count). The second kappa shape index (κ2) is 5.09. The van der Waals surface area contributed by atoms with Crippen LogP contribution in [-0.2, 0) is 0 Å². The minimum atomic E-state index is -0.0718. The number of carbonyl (C=O) groups is 1. The maximum Gasteiger partial charge on any atom is 0.251 e. The van der Waals surface area contributed by atoms with Gasteiger partial charge in [0.2, 0.25) is 0 Å². The number of fused-ring (bicyclic) bond motifs is 1. The number of nitrogens with two attached hydrogens (primary N) is 1. The molecule has 0 spiro atoms. The summed E-state index contributed by atoms with van der Waals surface area (Å²) in [7, 11) is 0. The highest BCUT2D eigenvalue weighted by molar-refractivity contribution is 5.94. The zero-order valence-corrected chi connectivity index (χ0v) is 10.7. The van der Waals surface area contributed by atoms with Gasteiger partial charge in [-0.05, 0) is 37.0 Å². The van der Waals surface area contributed by atoms with Gasteiger partial charge in [0.05, 0.1) is 0 Å². The van der Waals surface area contributed by atoms with Gasteiger partial charge in [-0.25, -0.2) is 0 Å². The third kappa shape index (κ3) is 2.66. The predicted molar refractivity (Wildman–Crippen MR) is 70.5 cm³/mol. The van der Waals surface area contributed by atoms with Crippen molar-refractivity contribution in [2.75, 3.05) is 19.8 Å². The van der Waals surface area contributed by atoms with Crippen molar-refractivity contribution >= 4 is 5.91 Å². The van der Waals surface area contributed by atoms with Crippen molar-refractivity contribution in [1.82, 2.24) is 5.32 Å². The van der Waals surface area contributed by atoms with Crippen LogP contribution in [0.1, 0.15) is 23.2 Å². The number of hydrogen-bond donors (Lipinski definition) is 2. The van der Waals surface area contributed by atoms with Gasteiger partial charge in [0.15, 0.2) is 11.5 Å². The van der Waals surface area contributed by atoms with E-state index in [0.29, 0.717) is 48.8 Å². The van der Waals surface area contributed by atoms with Gasteiger partial charge in [0.25, 0.3) is 5.91 Å². The van der Waals surface area contributed by atoms with Crippen LogP contribution in [0.5, 0.6) is 11.5 Å². The summed E-state index contributed by atoms with van der Waals surface area (Å²) in [6.07, 6.45) is 2.00. The number of amides is 1. The minimum absolute atomic E-state index is 0.0718. The van der Waals surface area contributed by atoms with E-state index >= 15 is 0 Å². The molecule has 0 atom stereocenters. The molecule has 0 aromatic heterocycles. The lowest BCUT2D eigenvalue weighted by Gasteiger charge is -2.32. The summed E-state index contributed by atoms with van der Waals surface area (Å²) in [4.78, 5) is 12.0. The summed E-state index contributed by atoms with van der Waals surface area (Å²) in [5.41, 5.74) is 6.32.